The number of amides is 1. The molecule has 0 atom stereocenters. The molecule has 0 aliphatic carbocycles. The van der Waals surface area contributed by atoms with Crippen molar-refractivity contribution in [2.24, 2.45) is 0 Å². The van der Waals surface area contributed by atoms with Crippen LogP contribution in [-0.4, -0.2) is 79.1 Å². The second kappa shape index (κ2) is 11.2. The van der Waals surface area contributed by atoms with E-state index in [0.29, 0.717) is 36.3 Å². The van der Waals surface area contributed by atoms with Gasteiger partial charge in [-0.15, -0.1) is 13.2 Å². The first-order valence-corrected chi connectivity index (χ1v) is 9.95. The average Bonchev–Trinajstić information content (AvgIpc) is 3.27. The highest BCUT2D eigenvalue weighted by Crippen LogP contribution is 2.27. The number of nitrogens with one attached hydrogen (secondary N) is 1. The Balaban J connectivity index is 0.000000538. The van der Waals surface area contributed by atoms with Crippen molar-refractivity contribution in [1.29, 1.82) is 0 Å². The monoisotopic (exact) mass is 510 g/mol. The van der Waals surface area contributed by atoms with Crippen molar-refractivity contribution < 1.29 is 47.0 Å². The number of hydrogen-bond acceptors (Lipinski definition) is 10. The van der Waals surface area contributed by atoms with Crippen LogP contribution in [0, 0.1) is 0 Å². The zero-order valence-electron chi connectivity index (χ0n) is 18.0. The summed E-state index contributed by atoms with van der Waals surface area (Å²) in [6, 6.07) is 6.62. The van der Waals surface area contributed by atoms with Gasteiger partial charge in [0.05, 0.1) is 12.5 Å². The minimum Gasteiger partial charge on any atom is -0.473 e. The quantitative estimate of drug-likeness (QED) is 0.408. The molecule has 0 unspecified atom stereocenters. The largest absolute Gasteiger partial charge is 0.573 e. The number of likely N-dealkylation sites (tertiary alicyclic amines) is 1. The van der Waals surface area contributed by atoms with E-state index in [0.717, 1.165) is 12.1 Å². The number of benzene rings is 1. The number of aromatic nitrogens is 4. The lowest BCUT2D eigenvalue weighted by atomic mass is 10.0. The zero-order valence-corrected chi connectivity index (χ0v) is 18.0. The first-order chi connectivity index (χ1) is 17.0. The maximum absolute atomic E-state index is 12.2. The first-order valence-electron chi connectivity index (χ1n) is 9.95. The number of carbonyl (C=O) groups is 3. The second-order valence-corrected chi connectivity index (χ2v) is 7.15. The van der Waals surface area contributed by atoms with E-state index in [-0.39, 0.29) is 24.1 Å². The van der Waals surface area contributed by atoms with Crippen molar-refractivity contribution in [2.45, 2.75) is 12.3 Å². The van der Waals surface area contributed by atoms with E-state index >= 15 is 0 Å². The maximum atomic E-state index is 12.2. The number of alkyl halides is 3. The highest BCUT2D eigenvalue weighted by molar-refractivity contribution is 6.27. The van der Waals surface area contributed by atoms with E-state index in [1.165, 1.54) is 12.1 Å². The average molecular weight is 510 g/mol. The van der Waals surface area contributed by atoms with Crippen LogP contribution < -0.4 is 10.1 Å². The molecule has 16 heteroatoms. The Morgan fingerprint density at radius 2 is 1.67 bits per heavy atom. The van der Waals surface area contributed by atoms with Crippen molar-refractivity contribution in [3.8, 4) is 17.4 Å². The van der Waals surface area contributed by atoms with E-state index < -0.39 is 18.3 Å². The van der Waals surface area contributed by atoms with Gasteiger partial charge in [-0.2, -0.15) is 4.98 Å². The van der Waals surface area contributed by atoms with E-state index in [2.05, 4.69) is 30.2 Å². The highest BCUT2D eigenvalue weighted by Gasteiger charge is 2.34. The first kappa shape index (κ1) is 26.0. The van der Waals surface area contributed by atoms with Gasteiger partial charge in [0.2, 0.25) is 23.4 Å². The fraction of sp³-hybridized carbons (Fsp3) is 0.250. The molecule has 36 heavy (non-hydrogen) atoms. The maximum Gasteiger partial charge on any atom is 0.573 e. The third kappa shape index (κ3) is 7.73. The lowest BCUT2D eigenvalue weighted by Gasteiger charge is -2.36. The molecule has 2 aromatic heterocycles. The van der Waals surface area contributed by atoms with Gasteiger partial charge in [-0.25, -0.2) is 19.6 Å². The van der Waals surface area contributed by atoms with Crippen molar-refractivity contribution >= 4 is 23.5 Å². The summed E-state index contributed by atoms with van der Waals surface area (Å²) >= 11 is 0. The van der Waals surface area contributed by atoms with Gasteiger partial charge in [-0.3, -0.25) is 9.69 Å². The molecule has 4 rings (SSSR count). The van der Waals surface area contributed by atoms with Gasteiger partial charge in [0, 0.05) is 31.2 Å². The third-order valence-corrected chi connectivity index (χ3v) is 4.44. The molecule has 1 fully saturated rings. The van der Waals surface area contributed by atoms with Gasteiger partial charge < -0.3 is 24.8 Å². The van der Waals surface area contributed by atoms with Crippen LogP contribution in [0.15, 0.2) is 47.2 Å². The van der Waals surface area contributed by atoms with Crippen LogP contribution in [0.1, 0.15) is 11.8 Å². The summed E-state index contributed by atoms with van der Waals surface area (Å²) in [5, 5.41) is 21.3. The summed E-state index contributed by atoms with van der Waals surface area (Å²) in [4.78, 5) is 44.6. The van der Waals surface area contributed by atoms with Crippen LogP contribution in [0.3, 0.4) is 0 Å². The molecule has 0 bridgehead atoms. The number of ether oxygens (including phenoxy) is 1. The molecule has 13 nitrogen and oxygen atoms in total. The van der Waals surface area contributed by atoms with Crippen molar-refractivity contribution in [3.63, 3.8) is 0 Å². The number of carboxylic acid groups (broad SMARTS) is 2. The molecule has 3 heterocycles. The smallest absolute Gasteiger partial charge is 0.473 e. The van der Waals surface area contributed by atoms with Crippen molar-refractivity contribution in [1.82, 2.24) is 25.0 Å². The standard InChI is InChI=1S/C18H15F3N6O3.C2H2O4/c19-18(20,21)29-13-4-2-12(3-5-13)24-14(28)10-27-8-11(9-27)17-25-16(26-30-17)15-22-6-1-7-23-15;3-1(4)2(5)6/h1-7,11H,8-10H2,(H,24,28);(H,3,4)(H,5,6). The fourth-order valence-corrected chi connectivity index (χ4v) is 2.91. The Bertz CT molecular complexity index is 1190. The van der Waals surface area contributed by atoms with Crippen molar-refractivity contribution in [3.05, 3.63) is 48.6 Å². The number of aliphatic carboxylic acids is 2. The highest BCUT2D eigenvalue weighted by atomic mass is 19.4. The molecule has 1 aliphatic heterocycles. The van der Waals surface area contributed by atoms with Crippen LogP contribution in [0.2, 0.25) is 0 Å². The Hall–Kier alpha value is -4.60. The molecular weight excluding hydrogens is 493 g/mol. The number of carboxylic acids is 2. The van der Waals surface area contributed by atoms with Gasteiger partial charge >= 0.3 is 18.3 Å². The molecule has 190 valence electrons. The van der Waals surface area contributed by atoms with Gasteiger partial charge in [0.1, 0.15) is 5.75 Å². The summed E-state index contributed by atoms with van der Waals surface area (Å²) in [7, 11) is 0. The minimum absolute atomic E-state index is 0.00145. The molecule has 3 aromatic rings. The summed E-state index contributed by atoms with van der Waals surface area (Å²) in [5.74, 6) is -3.16. The molecule has 1 aliphatic rings. The lowest BCUT2D eigenvalue weighted by Crippen LogP contribution is -2.48. The molecule has 0 spiro atoms. The lowest BCUT2D eigenvalue weighted by molar-refractivity contribution is -0.274. The molecule has 1 amide bonds. The van der Waals surface area contributed by atoms with E-state index in [9.17, 15) is 18.0 Å². The van der Waals surface area contributed by atoms with Crippen LogP contribution in [0.4, 0.5) is 18.9 Å². The summed E-state index contributed by atoms with van der Waals surface area (Å²) in [5.41, 5.74) is 0.371. The minimum atomic E-state index is -4.76. The van der Waals surface area contributed by atoms with Crippen LogP contribution in [0.5, 0.6) is 5.75 Å². The SMILES string of the molecule is O=C(CN1CC(c2nc(-c3ncccn3)no2)C1)Nc1ccc(OC(F)(F)F)cc1.O=C(O)C(=O)O. The second-order valence-electron chi connectivity index (χ2n) is 7.15. The fourth-order valence-electron chi connectivity index (χ4n) is 2.91. The van der Waals surface area contributed by atoms with E-state index in [1.54, 1.807) is 18.5 Å². The molecule has 3 N–H and O–H groups in total. The topological polar surface area (TPSA) is 181 Å². The van der Waals surface area contributed by atoms with Crippen LogP contribution in [-0.2, 0) is 14.4 Å². The van der Waals surface area contributed by atoms with Gasteiger partial charge in [0.15, 0.2) is 0 Å². The van der Waals surface area contributed by atoms with Gasteiger partial charge in [0.25, 0.3) is 0 Å². The predicted octanol–water partition coefficient (Wildman–Crippen LogP) is 1.62. The van der Waals surface area contributed by atoms with Crippen molar-refractivity contribution in [2.75, 3.05) is 25.0 Å². The molecular formula is C20H17F3N6O7. The zero-order chi connectivity index (χ0) is 26.3. The number of anilines is 1. The van der Waals surface area contributed by atoms with Gasteiger partial charge in [-0.05, 0) is 30.3 Å². The Labute approximate surface area is 199 Å². The summed E-state index contributed by atoms with van der Waals surface area (Å²) in [6.45, 7) is 1.24. The number of nitrogens with zero attached hydrogens (tertiary/aromatic N) is 5. The number of halogens is 3. The Morgan fingerprint density at radius 3 is 2.22 bits per heavy atom. The van der Waals surface area contributed by atoms with Gasteiger partial charge in [-0.1, -0.05) is 5.16 Å². The van der Waals surface area contributed by atoms with E-state index in [4.69, 9.17) is 24.3 Å². The Morgan fingerprint density at radius 1 is 1.06 bits per heavy atom. The van der Waals surface area contributed by atoms with Crippen LogP contribution in [0.25, 0.3) is 11.6 Å². The normalized spacial score (nSPS) is 13.6. The van der Waals surface area contributed by atoms with Crippen LogP contribution >= 0.6 is 0 Å². The van der Waals surface area contributed by atoms with E-state index in [1.807, 2.05) is 4.90 Å². The number of carbonyl (C=O) groups excluding carboxylic acids is 1. The molecule has 0 saturated carbocycles. The molecule has 0 radical (unpaired) electrons. The molecule has 1 saturated heterocycles. The predicted molar refractivity (Wildman–Crippen MR) is 112 cm³/mol. The summed E-state index contributed by atoms with van der Waals surface area (Å²) in [6.07, 6.45) is -1.59. The Kier molecular flexibility index (Phi) is 8.11. The third-order valence-electron chi connectivity index (χ3n) is 4.44. The number of hydrogen-bond donors (Lipinski definition) is 3. The number of rotatable bonds is 6. The molecule has 1 aromatic carbocycles. The summed E-state index contributed by atoms with van der Waals surface area (Å²) < 4.78 is 45.5.